The van der Waals surface area contributed by atoms with Crippen LogP contribution in [0.1, 0.15) is 46.1 Å². The van der Waals surface area contributed by atoms with Crippen LogP contribution in [0, 0.1) is 11.3 Å². The van der Waals surface area contributed by atoms with Crippen molar-refractivity contribution in [1.29, 1.82) is 0 Å². The number of nitrogens with one attached hydrogen (secondary N) is 3. The summed E-state index contributed by atoms with van der Waals surface area (Å²) in [5, 5.41) is 9.64. The summed E-state index contributed by atoms with van der Waals surface area (Å²) in [6.07, 6.45) is 3.47. The number of carbonyl (C=O) groups excluding carboxylic acids is 1. The van der Waals surface area contributed by atoms with Gasteiger partial charge in [-0.15, -0.1) is 0 Å². The van der Waals surface area contributed by atoms with Gasteiger partial charge in [0.25, 0.3) is 0 Å². The van der Waals surface area contributed by atoms with Crippen LogP contribution in [0.3, 0.4) is 0 Å². The van der Waals surface area contributed by atoms with E-state index in [1.165, 1.54) is 18.9 Å². The molecule has 2 atom stereocenters. The van der Waals surface area contributed by atoms with Gasteiger partial charge in [-0.2, -0.15) is 0 Å². The maximum atomic E-state index is 11.1. The maximum Gasteiger partial charge on any atom is 0.221 e. The molecule has 3 N–H and O–H groups in total. The van der Waals surface area contributed by atoms with Gasteiger partial charge in [0.1, 0.15) is 0 Å². The number of aliphatic imine (C=N–C) groups is 1. The fourth-order valence-corrected chi connectivity index (χ4v) is 3.74. The minimum Gasteiger partial charge on any atom is -0.377 e. The van der Waals surface area contributed by atoms with Crippen molar-refractivity contribution in [1.82, 2.24) is 10.6 Å². The fourth-order valence-electron chi connectivity index (χ4n) is 3.74. The number of benzene rings is 1. The van der Waals surface area contributed by atoms with Gasteiger partial charge in [0.2, 0.25) is 5.91 Å². The molecule has 0 aliphatic carbocycles. The van der Waals surface area contributed by atoms with Gasteiger partial charge in [0.05, 0.1) is 6.10 Å². The van der Waals surface area contributed by atoms with Crippen molar-refractivity contribution >= 4 is 17.6 Å². The van der Waals surface area contributed by atoms with Gasteiger partial charge in [0.15, 0.2) is 5.96 Å². The van der Waals surface area contributed by atoms with Crippen LogP contribution in [0.2, 0.25) is 0 Å². The zero-order chi connectivity index (χ0) is 20.6. The Balaban J connectivity index is 1.77. The number of rotatable bonds is 6. The molecule has 0 bridgehead atoms. The van der Waals surface area contributed by atoms with Crippen molar-refractivity contribution < 1.29 is 9.53 Å². The van der Waals surface area contributed by atoms with E-state index >= 15 is 0 Å². The van der Waals surface area contributed by atoms with E-state index in [4.69, 9.17) is 4.74 Å². The first-order valence-electron chi connectivity index (χ1n) is 10.2. The summed E-state index contributed by atoms with van der Waals surface area (Å²) in [6, 6.07) is 7.94. The van der Waals surface area contributed by atoms with Crippen molar-refractivity contribution in [3.63, 3.8) is 0 Å². The molecule has 2 unspecified atom stereocenters. The molecule has 1 aliphatic heterocycles. The molecule has 1 amide bonds. The largest absolute Gasteiger partial charge is 0.377 e. The van der Waals surface area contributed by atoms with Crippen molar-refractivity contribution in [3.8, 4) is 0 Å². The van der Waals surface area contributed by atoms with Gasteiger partial charge in [0, 0.05) is 45.3 Å². The quantitative estimate of drug-likeness (QED) is 0.517. The molecule has 0 spiro atoms. The zero-order valence-corrected chi connectivity index (χ0v) is 18.0. The minimum atomic E-state index is -0.0543. The molecule has 6 heteroatoms. The highest BCUT2D eigenvalue weighted by Gasteiger charge is 2.35. The lowest BCUT2D eigenvalue weighted by Crippen LogP contribution is -2.47. The van der Waals surface area contributed by atoms with Crippen LogP contribution in [0.5, 0.6) is 0 Å². The Labute approximate surface area is 169 Å². The standard InChI is InChI=1S/C22H36N4O2/c1-16(27)26-19-10-8-17(9-11-19)12-13-24-21(23-5)25-15-18-7-6-14-28-20(18)22(2,3)4/h8-11,18,20H,6-7,12-15H2,1-5H3,(H,26,27)(H2,23,24,25). The van der Waals surface area contributed by atoms with Crippen molar-refractivity contribution in [2.45, 2.75) is 53.1 Å². The second-order valence-electron chi connectivity index (χ2n) is 8.57. The molecule has 0 radical (unpaired) electrons. The number of hydrogen-bond acceptors (Lipinski definition) is 3. The minimum absolute atomic E-state index is 0.0543. The van der Waals surface area contributed by atoms with Gasteiger partial charge in [-0.1, -0.05) is 32.9 Å². The van der Waals surface area contributed by atoms with E-state index in [1.807, 2.05) is 24.3 Å². The Morgan fingerprint density at radius 1 is 1.21 bits per heavy atom. The number of guanidine groups is 1. The average Bonchev–Trinajstić information content (AvgIpc) is 2.65. The Hall–Kier alpha value is -2.08. The summed E-state index contributed by atoms with van der Waals surface area (Å²) < 4.78 is 6.07. The van der Waals surface area contributed by atoms with E-state index < -0.39 is 0 Å². The first kappa shape index (κ1) is 22.2. The topological polar surface area (TPSA) is 74.8 Å². The van der Waals surface area contributed by atoms with Crippen LogP contribution in [0.15, 0.2) is 29.3 Å². The van der Waals surface area contributed by atoms with Crippen LogP contribution in [-0.4, -0.2) is 44.7 Å². The van der Waals surface area contributed by atoms with E-state index in [1.54, 1.807) is 7.05 Å². The van der Waals surface area contributed by atoms with E-state index in [-0.39, 0.29) is 17.4 Å². The number of amides is 1. The molecule has 1 heterocycles. The molecule has 1 aromatic rings. The lowest BCUT2D eigenvalue weighted by molar-refractivity contribution is -0.114. The molecule has 0 saturated carbocycles. The summed E-state index contributed by atoms with van der Waals surface area (Å²) in [6.45, 7) is 10.8. The summed E-state index contributed by atoms with van der Waals surface area (Å²) >= 11 is 0. The molecule has 0 aromatic heterocycles. The first-order valence-corrected chi connectivity index (χ1v) is 10.2. The number of nitrogens with zero attached hydrogens (tertiary/aromatic N) is 1. The monoisotopic (exact) mass is 388 g/mol. The molecule has 28 heavy (non-hydrogen) atoms. The first-order chi connectivity index (χ1) is 13.3. The van der Waals surface area contributed by atoms with Crippen molar-refractivity contribution in [2.75, 3.05) is 32.1 Å². The second-order valence-corrected chi connectivity index (χ2v) is 8.57. The summed E-state index contributed by atoms with van der Waals surface area (Å²) in [4.78, 5) is 15.4. The molecule has 2 rings (SSSR count). The lowest BCUT2D eigenvalue weighted by atomic mass is 9.78. The van der Waals surface area contributed by atoms with E-state index in [2.05, 4.69) is 41.7 Å². The normalized spacial score (nSPS) is 20.5. The summed E-state index contributed by atoms with van der Waals surface area (Å²) in [5.41, 5.74) is 2.18. The van der Waals surface area contributed by atoms with E-state index in [0.717, 1.165) is 44.2 Å². The number of ether oxygens (including phenoxy) is 1. The van der Waals surface area contributed by atoms with Gasteiger partial charge in [-0.3, -0.25) is 9.79 Å². The highest BCUT2D eigenvalue weighted by atomic mass is 16.5. The van der Waals surface area contributed by atoms with E-state index in [0.29, 0.717) is 5.92 Å². The predicted octanol–water partition coefficient (Wildman–Crippen LogP) is 3.19. The summed E-state index contributed by atoms with van der Waals surface area (Å²) in [5.74, 6) is 1.27. The van der Waals surface area contributed by atoms with E-state index in [9.17, 15) is 4.79 Å². The van der Waals surface area contributed by atoms with Crippen LogP contribution >= 0.6 is 0 Å². The smallest absolute Gasteiger partial charge is 0.221 e. The lowest BCUT2D eigenvalue weighted by Gasteiger charge is -2.40. The van der Waals surface area contributed by atoms with Gasteiger partial charge < -0.3 is 20.7 Å². The Bertz CT molecular complexity index is 649. The van der Waals surface area contributed by atoms with Crippen LogP contribution in [0.4, 0.5) is 5.69 Å². The SMILES string of the molecule is CN=C(NCCc1ccc(NC(C)=O)cc1)NCC1CCCOC1C(C)(C)C. The molecular weight excluding hydrogens is 352 g/mol. The number of carbonyl (C=O) groups is 1. The second kappa shape index (κ2) is 10.5. The Morgan fingerprint density at radius 3 is 2.54 bits per heavy atom. The maximum absolute atomic E-state index is 11.1. The average molecular weight is 389 g/mol. The zero-order valence-electron chi connectivity index (χ0n) is 18.0. The molecular formula is C22H36N4O2. The molecule has 1 aliphatic rings. The van der Waals surface area contributed by atoms with Crippen LogP contribution < -0.4 is 16.0 Å². The molecule has 1 aromatic carbocycles. The fraction of sp³-hybridized carbons (Fsp3) is 0.636. The molecule has 1 fully saturated rings. The molecule has 156 valence electrons. The number of anilines is 1. The third-order valence-electron chi connectivity index (χ3n) is 5.03. The Kier molecular flexibility index (Phi) is 8.30. The van der Waals surface area contributed by atoms with Crippen molar-refractivity contribution in [2.24, 2.45) is 16.3 Å². The van der Waals surface area contributed by atoms with Gasteiger partial charge in [-0.05, 0) is 42.4 Å². The van der Waals surface area contributed by atoms with Gasteiger partial charge >= 0.3 is 0 Å². The Morgan fingerprint density at radius 2 is 1.93 bits per heavy atom. The summed E-state index contributed by atoms with van der Waals surface area (Å²) in [7, 11) is 1.80. The highest BCUT2D eigenvalue weighted by molar-refractivity contribution is 5.88. The third-order valence-corrected chi connectivity index (χ3v) is 5.03. The van der Waals surface area contributed by atoms with Crippen LogP contribution in [-0.2, 0) is 16.0 Å². The highest BCUT2D eigenvalue weighted by Crippen LogP contribution is 2.33. The van der Waals surface area contributed by atoms with Gasteiger partial charge in [-0.25, -0.2) is 0 Å². The molecule has 1 saturated heterocycles. The van der Waals surface area contributed by atoms with Crippen molar-refractivity contribution in [3.05, 3.63) is 29.8 Å². The third kappa shape index (κ3) is 7.15. The molecule has 6 nitrogen and oxygen atoms in total. The number of hydrogen-bond donors (Lipinski definition) is 3. The van der Waals surface area contributed by atoms with Crippen LogP contribution in [0.25, 0.3) is 0 Å². The predicted molar refractivity (Wildman–Crippen MR) is 116 cm³/mol.